The largest absolute Gasteiger partial charge is 0.396 e. The third-order valence-corrected chi connectivity index (χ3v) is 8.82. The van der Waals surface area contributed by atoms with Gasteiger partial charge in [-0.2, -0.15) is 0 Å². The minimum atomic E-state index is -0.666. The Balaban J connectivity index is 3.71. The molecule has 0 bridgehead atoms. The molecule has 0 aromatic carbocycles. The fourth-order valence-electron chi connectivity index (χ4n) is 5.96. The highest BCUT2D eigenvalue weighted by Gasteiger charge is 2.17. The van der Waals surface area contributed by atoms with E-state index in [4.69, 9.17) is 4.74 Å². The summed E-state index contributed by atoms with van der Waals surface area (Å²) >= 11 is 0. The number of nitrogens with zero attached hydrogens (tertiary/aromatic N) is 1. The van der Waals surface area contributed by atoms with Gasteiger partial charge in [0.05, 0.1) is 12.7 Å². The summed E-state index contributed by atoms with van der Waals surface area (Å²) in [5.74, 6) is 0.0996. The van der Waals surface area contributed by atoms with Gasteiger partial charge in [-0.25, -0.2) is 0 Å². The smallest absolute Gasteiger partial charge is 0.222 e. The summed E-state index contributed by atoms with van der Waals surface area (Å²) in [5.41, 5.74) is 0. The fraction of sp³-hybridized carbons (Fsp3) is 0.974. The zero-order valence-corrected chi connectivity index (χ0v) is 29.3. The number of amides is 1. The molecule has 0 radical (unpaired) electrons. The molecule has 0 saturated heterocycles. The van der Waals surface area contributed by atoms with Gasteiger partial charge in [-0.15, -0.1) is 0 Å². The Morgan fingerprint density at radius 1 is 0.558 bits per heavy atom. The number of hydrogen-bond donors (Lipinski definition) is 2. The highest BCUT2D eigenvalue weighted by Crippen LogP contribution is 2.15. The minimum Gasteiger partial charge on any atom is -0.396 e. The van der Waals surface area contributed by atoms with Crippen LogP contribution in [0.1, 0.15) is 200 Å². The topological polar surface area (TPSA) is 70.0 Å². The molecule has 1 atom stereocenters. The Morgan fingerprint density at radius 3 is 1.33 bits per heavy atom. The van der Waals surface area contributed by atoms with Crippen LogP contribution in [0, 0.1) is 0 Å². The van der Waals surface area contributed by atoms with Crippen molar-refractivity contribution in [2.45, 2.75) is 206 Å². The number of hydrogen-bond acceptors (Lipinski definition) is 4. The molecule has 0 aliphatic heterocycles. The Labute approximate surface area is 269 Å². The normalized spacial score (nSPS) is 12.2. The maximum absolute atomic E-state index is 12.8. The lowest BCUT2D eigenvalue weighted by Gasteiger charge is -2.25. The van der Waals surface area contributed by atoms with Crippen LogP contribution >= 0.6 is 0 Å². The lowest BCUT2D eigenvalue weighted by atomic mass is 10.0. The van der Waals surface area contributed by atoms with Crippen molar-refractivity contribution in [2.24, 2.45) is 0 Å². The summed E-state index contributed by atoms with van der Waals surface area (Å²) in [5, 5.41) is 19.7. The van der Waals surface area contributed by atoms with Crippen LogP contribution in [0.25, 0.3) is 0 Å². The molecule has 0 fully saturated rings. The van der Waals surface area contributed by atoms with Crippen LogP contribution in [-0.2, 0) is 9.53 Å². The van der Waals surface area contributed by atoms with Gasteiger partial charge >= 0.3 is 0 Å². The quantitative estimate of drug-likeness (QED) is 0.0692. The van der Waals surface area contributed by atoms with Gasteiger partial charge in [-0.3, -0.25) is 4.79 Å². The Kier molecular flexibility index (Phi) is 35.3. The van der Waals surface area contributed by atoms with Crippen LogP contribution in [0.4, 0.5) is 0 Å². The minimum absolute atomic E-state index is 0.0637. The maximum atomic E-state index is 12.8. The first-order valence-corrected chi connectivity index (χ1v) is 19.3. The second kappa shape index (κ2) is 35.8. The molecule has 5 heteroatoms. The lowest BCUT2D eigenvalue weighted by Crippen LogP contribution is -2.40. The molecule has 0 saturated carbocycles. The van der Waals surface area contributed by atoms with Gasteiger partial charge in [0.25, 0.3) is 0 Å². The van der Waals surface area contributed by atoms with Crippen LogP contribution in [0.15, 0.2) is 0 Å². The van der Waals surface area contributed by atoms with Gasteiger partial charge in [0.15, 0.2) is 0 Å². The number of carbonyl (C=O) groups is 1. The van der Waals surface area contributed by atoms with Crippen LogP contribution in [0.2, 0.25) is 0 Å². The molecular formula is C38H77NO4. The van der Waals surface area contributed by atoms with Crippen LogP contribution in [-0.4, -0.2) is 60.0 Å². The summed E-state index contributed by atoms with van der Waals surface area (Å²) in [6.45, 7) is 6.37. The third kappa shape index (κ3) is 32.6. The SMILES string of the molecule is CCCCCCCCCCCCCCCCOCC(O)CN(CCCO)C(=O)CCCCCCCCCCCCCCC. The zero-order valence-electron chi connectivity index (χ0n) is 29.3. The standard InChI is InChI=1S/C38H77NO4/c1-3-5-7-9-11-13-15-17-19-21-23-25-27-29-34-43-36-37(41)35-39(32-30-33-40)38(42)31-28-26-24-22-20-18-16-14-12-10-8-6-4-2/h37,40-41H,3-36H2,1-2H3. The van der Waals surface area contributed by atoms with Crippen molar-refractivity contribution in [1.29, 1.82) is 0 Å². The molecular weight excluding hydrogens is 534 g/mol. The Hall–Kier alpha value is -0.650. The lowest BCUT2D eigenvalue weighted by molar-refractivity contribution is -0.133. The molecule has 5 nitrogen and oxygen atoms in total. The Morgan fingerprint density at radius 2 is 0.930 bits per heavy atom. The molecule has 43 heavy (non-hydrogen) atoms. The van der Waals surface area contributed by atoms with E-state index in [-0.39, 0.29) is 19.1 Å². The van der Waals surface area contributed by atoms with Crippen molar-refractivity contribution in [3.8, 4) is 0 Å². The molecule has 0 aromatic heterocycles. The third-order valence-electron chi connectivity index (χ3n) is 8.82. The molecule has 0 aromatic rings. The maximum Gasteiger partial charge on any atom is 0.222 e. The first kappa shape index (κ1) is 42.3. The van der Waals surface area contributed by atoms with E-state index in [1.165, 1.54) is 154 Å². The van der Waals surface area contributed by atoms with E-state index >= 15 is 0 Å². The number of unbranched alkanes of at least 4 members (excludes halogenated alkanes) is 25. The first-order chi connectivity index (χ1) is 21.2. The van der Waals surface area contributed by atoms with Crippen molar-refractivity contribution in [3.63, 3.8) is 0 Å². The van der Waals surface area contributed by atoms with Crippen LogP contribution < -0.4 is 0 Å². The molecule has 0 aliphatic rings. The van der Waals surface area contributed by atoms with E-state index in [1.54, 1.807) is 4.90 Å². The summed E-state index contributed by atoms with van der Waals surface area (Å²) < 4.78 is 5.73. The average Bonchev–Trinajstić information content (AvgIpc) is 3.01. The molecule has 0 aliphatic carbocycles. The van der Waals surface area contributed by atoms with Crippen LogP contribution in [0.5, 0.6) is 0 Å². The van der Waals surface area contributed by atoms with Gasteiger partial charge in [0, 0.05) is 32.7 Å². The van der Waals surface area contributed by atoms with E-state index in [2.05, 4.69) is 13.8 Å². The van der Waals surface area contributed by atoms with Crippen LogP contribution in [0.3, 0.4) is 0 Å². The number of aliphatic hydroxyl groups excluding tert-OH is 2. The van der Waals surface area contributed by atoms with E-state index in [1.807, 2.05) is 0 Å². The zero-order chi connectivity index (χ0) is 31.5. The summed E-state index contributed by atoms with van der Waals surface area (Å²) in [6, 6.07) is 0. The van der Waals surface area contributed by atoms with Crippen molar-refractivity contribution < 1.29 is 19.7 Å². The van der Waals surface area contributed by atoms with E-state index in [0.717, 1.165) is 19.3 Å². The predicted molar refractivity (Wildman–Crippen MR) is 186 cm³/mol. The number of ether oxygens (including phenoxy) is 1. The van der Waals surface area contributed by atoms with Gasteiger partial charge in [0.2, 0.25) is 5.91 Å². The highest BCUT2D eigenvalue weighted by molar-refractivity contribution is 5.76. The number of rotatable bonds is 36. The van der Waals surface area contributed by atoms with E-state index in [0.29, 0.717) is 32.5 Å². The van der Waals surface area contributed by atoms with Crippen molar-refractivity contribution >= 4 is 5.91 Å². The first-order valence-electron chi connectivity index (χ1n) is 19.3. The Bertz CT molecular complexity index is 544. The summed E-state index contributed by atoms with van der Waals surface area (Å²) in [7, 11) is 0. The van der Waals surface area contributed by atoms with Crippen molar-refractivity contribution in [3.05, 3.63) is 0 Å². The monoisotopic (exact) mass is 612 g/mol. The second-order valence-corrected chi connectivity index (χ2v) is 13.2. The van der Waals surface area contributed by atoms with Gasteiger partial charge in [-0.05, 0) is 19.3 Å². The van der Waals surface area contributed by atoms with Gasteiger partial charge in [0.1, 0.15) is 0 Å². The van der Waals surface area contributed by atoms with Crippen molar-refractivity contribution in [1.82, 2.24) is 4.90 Å². The van der Waals surface area contributed by atoms with Gasteiger partial charge in [-0.1, -0.05) is 174 Å². The van der Waals surface area contributed by atoms with Gasteiger partial charge < -0.3 is 19.8 Å². The predicted octanol–water partition coefficient (Wildman–Crippen LogP) is 10.5. The number of aliphatic hydroxyl groups is 2. The molecule has 0 heterocycles. The summed E-state index contributed by atoms with van der Waals surface area (Å²) in [4.78, 5) is 14.5. The number of carbonyl (C=O) groups excluding carboxylic acids is 1. The molecule has 258 valence electrons. The van der Waals surface area contributed by atoms with E-state index in [9.17, 15) is 15.0 Å². The van der Waals surface area contributed by atoms with Crippen molar-refractivity contribution in [2.75, 3.05) is 32.9 Å². The molecule has 1 unspecified atom stereocenters. The molecule has 2 N–H and O–H groups in total. The molecule has 0 rings (SSSR count). The van der Waals surface area contributed by atoms with E-state index < -0.39 is 6.10 Å². The molecule has 1 amide bonds. The molecule has 0 spiro atoms. The fourth-order valence-corrected chi connectivity index (χ4v) is 5.96. The summed E-state index contributed by atoms with van der Waals surface area (Å²) in [6.07, 6.45) is 36.0. The highest BCUT2D eigenvalue weighted by atomic mass is 16.5. The average molecular weight is 612 g/mol. The second-order valence-electron chi connectivity index (χ2n) is 13.2.